The van der Waals surface area contributed by atoms with Crippen LogP contribution in [0.15, 0.2) is 61.1 Å². The van der Waals surface area contributed by atoms with Gasteiger partial charge in [-0.1, -0.05) is 18.2 Å². The zero-order chi connectivity index (χ0) is 18.6. The molecule has 1 aromatic carbocycles. The van der Waals surface area contributed by atoms with Crippen molar-refractivity contribution in [3.05, 3.63) is 72.2 Å². The number of fused-ring (bicyclic) bond motifs is 1. The Hall–Kier alpha value is -3.74. The van der Waals surface area contributed by atoms with Gasteiger partial charge in [-0.15, -0.1) is 0 Å². The van der Waals surface area contributed by atoms with E-state index in [0.717, 1.165) is 27.8 Å². The molecule has 0 saturated carbocycles. The summed E-state index contributed by atoms with van der Waals surface area (Å²) < 4.78 is 0. The number of nitrogens with two attached hydrogens (primary N) is 1. The van der Waals surface area contributed by atoms with E-state index in [1.807, 2.05) is 43.3 Å². The van der Waals surface area contributed by atoms with Gasteiger partial charge in [0.25, 0.3) is 0 Å². The molecule has 0 atom stereocenters. The minimum Gasteiger partial charge on any atom is -0.381 e. The van der Waals surface area contributed by atoms with Crippen LogP contribution >= 0.6 is 0 Å². The predicted octanol–water partition coefficient (Wildman–Crippen LogP) is 3.67. The van der Waals surface area contributed by atoms with Crippen molar-refractivity contribution in [1.29, 1.82) is 0 Å². The first-order valence-corrected chi connectivity index (χ1v) is 8.58. The van der Waals surface area contributed by atoms with Crippen molar-refractivity contribution in [2.24, 2.45) is 0 Å². The summed E-state index contributed by atoms with van der Waals surface area (Å²) in [5, 5.41) is 7.52. The minimum atomic E-state index is 0.348. The molecule has 0 unspecified atom stereocenters. The molecule has 0 radical (unpaired) electrons. The quantitative estimate of drug-likeness (QED) is 0.501. The third-order valence-corrected chi connectivity index (χ3v) is 4.18. The second-order valence-corrected chi connectivity index (χ2v) is 6.17. The summed E-state index contributed by atoms with van der Waals surface area (Å²) in [5.41, 5.74) is 9.08. The van der Waals surface area contributed by atoms with Gasteiger partial charge in [-0.05, 0) is 42.3 Å². The third kappa shape index (κ3) is 3.77. The molecule has 0 fully saturated rings. The Morgan fingerprint density at radius 2 is 1.81 bits per heavy atom. The van der Waals surface area contributed by atoms with Crippen molar-refractivity contribution in [2.75, 3.05) is 16.4 Å². The molecule has 0 saturated heterocycles. The summed E-state index contributed by atoms with van der Waals surface area (Å²) in [5.74, 6) is 2.20. The molecular formula is C20H19N7. The lowest BCUT2D eigenvalue weighted by Gasteiger charge is -2.12. The first kappa shape index (κ1) is 16.7. The highest BCUT2D eigenvalue weighted by molar-refractivity contribution is 5.79. The molecule has 4 N–H and O–H groups in total. The molecule has 3 heterocycles. The van der Waals surface area contributed by atoms with Crippen LogP contribution in [0.1, 0.15) is 11.1 Å². The summed E-state index contributed by atoms with van der Waals surface area (Å²) in [6.45, 7) is 2.56. The minimum absolute atomic E-state index is 0.348. The number of pyridine rings is 2. The average molecular weight is 357 g/mol. The molecule has 4 aromatic rings. The summed E-state index contributed by atoms with van der Waals surface area (Å²) in [7, 11) is 0. The Bertz CT molecular complexity index is 1090. The van der Waals surface area contributed by atoms with Gasteiger partial charge in [-0.3, -0.25) is 4.98 Å². The van der Waals surface area contributed by atoms with E-state index < -0.39 is 0 Å². The molecule has 7 heteroatoms. The van der Waals surface area contributed by atoms with Crippen LogP contribution in [-0.2, 0) is 6.54 Å². The number of anilines is 4. The van der Waals surface area contributed by atoms with Gasteiger partial charge >= 0.3 is 0 Å². The molecular weight excluding hydrogens is 338 g/mol. The van der Waals surface area contributed by atoms with Gasteiger partial charge in [0.1, 0.15) is 5.82 Å². The monoisotopic (exact) mass is 357 g/mol. The normalized spacial score (nSPS) is 10.7. The van der Waals surface area contributed by atoms with Crippen LogP contribution in [-0.4, -0.2) is 19.9 Å². The Morgan fingerprint density at radius 3 is 2.70 bits per heavy atom. The number of nitrogen functional groups attached to an aromatic ring is 1. The smallest absolute Gasteiger partial charge is 0.171 e. The number of aryl methyl sites for hydroxylation is 1. The van der Waals surface area contributed by atoms with Gasteiger partial charge in [0.15, 0.2) is 17.5 Å². The highest BCUT2D eigenvalue weighted by Crippen LogP contribution is 2.21. The molecule has 134 valence electrons. The molecule has 4 rings (SSSR count). The first-order valence-electron chi connectivity index (χ1n) is 8.58. The van der Waals surface area contributed by atoms with Crippen LogP contribution in [0.2, 0.25) is 0 Å². The molecule has 7 nitrogen and oxygen atoms in total. The largest absolute Gasteiger partial charge is 0.381 e. The van der Waals surface area contributed by atoms with Crippen molar-refractivity contribution < 1.29 is 0 Å². The summed E-state index contributed by atoms with van der Waals surface area (Å²) in [4.78, 5) is 17.4. The highest BCUT2D eigenvalue weighted by Gasteiger charge is 2.07. The van der Waals surface area contributed by atoms with Crippen molar-refractivity contribution in [3.8, 4) is 0 Å². The van der Waals surface area contributed by atoms with E-state index in [2.05, 4.69) is 36.6 Å². The Labute approximate surface area is 156 Å². The molecule has 0 amide bonds. The van der Waals surface area contributed by atoms with E-state index in [-0.39, 0.29) is 0 Å². The van der Waals surface area contributed by atoms with Crippen molar-refractivity contribution >= 4 is 34.2 Å². The van der Waals surface area contributed by atoms with E-state index in [1.54, 1.807) is 18.6 Å². The SMILES string of the molecule is Cc1cccnc1Nc1cnc(N)c(NCc2ccc3ncccc3c2)n1. The lowest BCUT2D eigenvalue weighted by Crippen LogP contribution is -2.08. The van der Waals surface area contributed by atoms with Gasteiger partial charge in [0.05, 0.1) is 11.7 Å². The van der Waals surface area contributed by atoms with E-state index in [4.69, 9.17) is 5.73 Å². The zero-order valence-electron chi connectivity index (χ0n) is 14.8. The second kappa shape index (κ2) is 7.25. The predicted molar refractivity (Wildman–Crippen MR) is 108 cm³/mol. The van der Waals surface area contributed by atoms with E-state index >= 15 is 0 Å². The molecule has 0 aliphatic carbocycles. The van der Waals surface area contributed by atoms with Crippen molar-refractivity contribution in [1.82, 2.24) is 19.9 Å². The molecule has 27 heavy (non-hydrogen) atoms. The van der Waals surface area contributed by atoms with Crippen LogP contribution in [0, 0.1) is 6.92 Å². The molecule has 0 bridgehead atoms. The third-order valence-electron chi connectivity index (χ3n) is 4.18. The van der Waals surface area contributed by atoms with Crippen LogP contribution in [0.4, 0.5) is 23.3 Å². The number of aromatic nitrogens is 4. The molecule has 0 aliphatic rings. The average Bonchev–Trinajstić information content (AvgIpc) is 2.70. The number of rotatable bonds is 5. The summed E-state index contributed by atoms with van der Waals surface area (Å²) >= 11 is 0. The van der Waals surface area contributed by atoms with E-state index in [9.17, 15) is 0 Å². The fourth-order valence-corrected chi connectivity index (χ4v) is 2.75. The fourth-order valence-electron chi connectivity index (χ4n) is 2.75. The van der Waals surface area contributed by atoms with Crippen LogP contribution in [0.25, 0.3) is 10.9 Å². The van der Waals surface area contributed by atoms with Crippen molar-refractivity contribution in [3.63, 3.8) is 0 Å². The van der Waals surface area contributed by atoms with E-state index in [0.29, 0.717) is 24.0 Å². The number of hydrogen-bond acceptors (Lipinski definition) is 7. The van der Waals surface area contributed by atoms with Gasteiger partial charge in [-0.25, -0.2) is 15.0 Å². The van der Waals surface area contributed by atoms with Gasteiger partial charge in [-0.2, -0.15) is 0 Å². The topological polar surface area (TPSA) is 102 Å². The summed E-state index contributed by atoms with van der Waals surface area (Å²) in [6.07, 6.45) is 5.11. The zero-order valence-corrected chi connectivity index (χ0v) is 14.8. The van der Waals surface area contributed by atoms with Crippen molar-refractivity contribution in [2.45, 2.75) is 13.5 Å². The second-order valence-electron chi connectivity index (χ2n) is 6.17. The number of nitrogens with one attached hydrogen (secondary N) is 2. The maximum Gasteiger partial charge on any atom is 0.171 e. The van der Waals surface area contributed by atoms with Crippen LogP contribution in [0.5, 0.6) is 0 Å². The number of nitrogens with zero attached hydrogens (tertiary/aromatic N) is 4. The maximum absolute atomic E-state index is 5.98. The lowest BCUT2D eigenvalue weighted by atomic mass is 10.1. The van der Waals surface area contributed by atoms with Gasteiger partial charge < -0.3 is 16.4 Å². The molecule has 0 spiro atoms. The first-order chi connectivity index (χ1) is 13.2. The Morgan fingerprint density at radius 1 is 0.963 bits per heavy atom. The number of benzene rings is 1. The lowest BCUT2D eigenvalue weighted by molar-refractivity contribution is 1.09. The maximum atomic E-state index is 5.98. The van der Waals surface area contributed by atoms with Gasteiger partial charge in [0.2, 0.25) is 0 Å². The molecule has 0 aliphatic heterocycles. The number of hydrogen-bond donors (Lipinski definition) is 3. The Balaban J connectivity index is 1.52. The van der Waals surface area contributed by atoms with Crippen LogP contribution < -0.4 is 16.4 Å². The Kier molecular flexibility index (Phi) is 4.49. The fraction of sp³-hybridized carbons (Fsp3) is 0.100. The standard InChI is InChI=1S/C20H19N7/c1-13-4-2-9-23-19(13)26-17-12-24-18(21)20(27-17)25-11-14-6-7-16-15(10-14)5-3-8-22-16/h2-10,12H,11H2,1H3,(H2,21,24)(H2,23,25,26,27). The van der Waals surface area contributed by atoms with Gasteiger partial charge in [0, 0.05) is 24.3 Å². The molecule has 3 aromatic heterocycles. The summed E-state index contributed by atoms with van der Waals surface area (Å²) in [6, 6.07) is 14.0. The van der Waals surface area contributed by atoms with Crippen LogP contribution in [0.3, 0.4) is 0 Å². The highest BCUT2D eigenvalue weighted by atomic mass is 15.1. The van der Waals surface area contributed by atoms with E-state index in [1.165, 1.54) is 0 Å².